The zero-order valence-corrected chi connectivity index (χ0v) is 12.4. The smallest absolute Gasteiger partial charge is 0.223 e. The van der Waals surface area contributed by atoms with E-state index in [9.17, 15) is 17.6 Å². The lowest BCUT2D eigenvalue weighted by Crippen LogP contribution is -2.18. The van der Waals surface area contributed by atoms with E-state index in [4.69, 9.17) is 0 Å². The Hall–Kier alpha value is -1.30. The van der Waals surface area contributed by atoms with Crippen LogP contribution in [-0.4, -0.2) is 16.9 Å². The second-order valence-corrected chi connectivity index (χ2v) is 6.12. The average molecular weight is 317 g/mol. The first-order chi connectivity index (χ1) is 9.82. The highest BCUT2D eigenvalue weighted by Gasteiger charge is 2.35. The van der Waals surface area contributed by atoms with Gasteiger partial charge in [-0.1, -0.05) is 32.1 Å². The highest BCUT2D eigenvalue weighted by Crippen LogP contribution is 2.39. The summed E-state index contributed by atoms with van der Waals surface area (Å²) in [6, 6.07) is 2.91. The largest absolute Gasteiger partial charge is 0.416 e. The average Bonchev–Trinajstić information content (AvgIpc) is 2.40. The molecule has 114 valence electrons. The van der Waals surface area contributed by atoms with E-state index in [0.29, 0.717) is 5.69 Å². The van der Waals surface area contributed by atoms with Gasteiger partial charge in [-0.25, -0.2) is 4.98 Å². The van der Waals surface area contributed by atoms with E-state index in [0.717, 1.165) is 16.7 Å². The lowest BCUT2D eigenvalue weighted by atomic mass is 9.84. The summed E-state index contributed by atoms with van der Waals surface area (Å²) < 4.78 is 51.5. The van der Waals surface area contributed by atoms with E-state index < -0.39 is 23.6 Å². The quantitative estimate of drug-likeness (QED) is 0.436. The molecule has 2 unspecified atom stereocenters. The van der Waals surface area contributed by atoms with Crippen LogP contribution < -0.4 is 0 Å². The molecule has 1 aliphatic carbocycles. The summed E-state index contributed by atoms with van der Waals surface area (Å²) in [5.74, 6) is -0.566. The van der Waals surface area contributed by atoms with Crippen LogP contribution in [0.15, 0.2) is 40.8 Å². The number of aromatic nitrogens is 1. The molecule has 0 aliphatic heterocycles. The van der Waals surface area contributed by atoms with Gasteiger partial charge in [0.05, 0.1) is 11.3 Å². The number of hydrogen-bond acceptors (Lipinski definition) is 2. The predicted octanol–water partition coefficient (Wildman–Crippen LogP) is 5.11. The highest BCUT2D eigenvalue weighted by molar-refractivity contribution is 7.99. The van der Waals surface area contributed by atoms with Crippen molar-refractivity contribution in [1.82, 2.24) is 4.98 Å². The van der Waals surface area contributed by atoms with E-state index in [1.807, 2.05) is 6.92 Å². The highest BCUT2D eigenvalue weighted by atomic mass is 32.2. The minimum absolute atomic E-state index is 0.346. The summed E-state index contributed by atoms with van der Waals surface area (Å²) in [7, 11) is 0. The van der Waals surface area contributed by atoms with Crippen molar-refractivity contribution < 1.29 is 17.6 Å². The fourth-order valence-electron chi connectivity index (χ4n) is 2.31. The molecule has 1 aromatic heterocycles. The van der Waals surface area contributed by atoms with Gasteiger partial charge in [0.2, 0.25) is 5.95 Å². The third-order valence-electron chi connectivity index (χ3n) is 3.29. The third-order valence-corrected chi connectivity index (χ3v) is 4.23. The standard InChI is InChI=1S/C15H15F4NS/c1-3-21-12-6-7-13(16)20-14(12)11-5-4-10(8-9(11)2)15(17,18)19/h4-9,11H,3H2,1-2H3. The zero-order chi connectivity index (χ0) is 15.6. The Morgan fingerprint density at radius 3 is 2.57 bits per heavy atom. The molecule has 0 radical (unpaired) electrons. The van der Waals surface area contributed by atoms with Crippen LogP contribution in [0.1, 0.15) is 25.5 Å². The van der Waals surface area contributed by atoms with Crippen molar-refractivity contribution in [2.24, 2.45) is 5.92 Å². The maximum Gasteiger partial charge on any atom is 0.416 e. The second-order valence-electron chi connectivity index (χ2n) is 4.81. The normalized spacial score (nSPS) is 22.3. The Bertz CT molecular complexity index is 578. The number of pyridine rings is 1. The minimum atomic E-state index is -4.36. The van der Waals surface area contributed by atoms with Crippen molar-refractivity contribution in [2.45, 2.75) is 30.8 Å². The molecule has 0 saturated carbocycles. The van der Waals surface area contributed by atoms with Gasteiger partial charge in [-0.05, 0) is 23.8 Å². The molecule has 0 fully saturated rings. The van der Waals surface area contributed by atoms with Crippen molar-refractivity contribution in [1.29, 1.82) is 0 Å². The number of nitrogens with zero attached hydrogens (tertiary/aromatic N) is 1. The van der Waals surface area contributed by atoms with E-state index in [2.05, 4.69) is 4.98 Å². The summed E-state index contributed by atoms with van der Waals surface area (Å²) in [5.41, 5.74) is -0.157. The van der Waals surface area contributed by atoms with E-state index >= 15 is 0 Å². The fourth-order valence-corrected chi connectivity index (χ4v) is 3.11. The number of allylic oxidation sites excluding steroid dienone is 4. The Morgan fingerprint density at radius 1 is 1.29 bits per heavy atom. The molecule has 0 amide bonds. The molecule has 1 aliphatic rings. The van der Waals surface area contributed by atoms with Crippen LogP contribution >= 0.6 is 11.8 Å². The van der Waals surface area contributed by atoms with Gasteiger partial charge in [-0.2, -0.15) is 17.6 Å². The number of hydrogen-bond donors (Lipinski definition) is 0. The Morgan fingerprint density at radius 2 is 2.00 bits per heavy atom. The molecular formula is C15H15F4NS. The van der Waals surface area contributed by atoms with Gasteiger partial charge in [-0.15, -0.1) is 11.8 Å². The molecule has 0 bridgehead atoms. The van der Waals surface area contributed by atoms with Gasteiger partial charge < -0.3 is 0 Å². The van der Waals surface area contributed by atoms with Gasteiger partial charge in [0.25, 0.3) is 0 Å². The molecule has 1 nitrogen and oxygen atoms in total. The molecule has 0 N–H and O–H groups in total. The summed E-state index contributed by atoms with van der Waals surface area (Å²) in [6.07, 6.45) is -0.656. The maximum absolute atomic E-state index is 13.4. The summed E-state index contributed by atoms with van der Waals surface area (Å²) in [5, 5.41) is 0. The lowest BCUT2D eigenvalue weighted by Gasteiger charge is -2.25. The SMILES string of the molecule is CCSc1ccc(F)nc1C1C=CC(C(F)(F)F)=CC1C. The molecule has 1 aromatic rings. The van der Waals surface area contributed by atoms with Crippen LogP contribution in [0.2, 0.25) is 0 Å². The topological polar surface area (TPSA) is 12.9 Å². The molecule has 6 heteroatoms. The van der Waals surface area contributed by atoms with Crippen LogP contribution in [0.5, 0.6) is 0 Å². The van der Waals surface area contributed by atoms with Crippen molar-refractivity contribution >= 4 is 11.8 Å². The second kappa shape index (κ2) is 6.22. The summed E-state index contributed by atoms with van der Waals surface area (Å²) in [4.78, 5) is 4.71. The predicted molar refractivity (Wildman–Crippen MR) is 75.8 cm³/mol. The number of alkyl halides is 3. The Balaban J connectivity index is 2.35. The molecular weight excluding hydrogens is 302 g/mol. The number of thioether (sulfide) groups is 1. The van der Waals surface area contributed by atoms with E-state index in [1.54, 1.807) is 13.0 Å². The Labute approximate surface area is 125 Å². The van der Waals surface area contributed by atoms with Crippen molar-refractivity contribution in [2.75, 3.05) is 5.75 Å². The first-order valence-electron chi connectivity index (χ1n) is 6.59. The van der Waals surface area contributed by atoms with Crippen molar-refractivity contribution in [3.05, 3.63) is 47.6 Å². The summed E-state index contributed by atoms with van der Waals surface area (Å²) in [6.45, 7) is 3.65. The molecule has 0 saturated heterocycles. The third kappa shape index (κ3) is 3.67. The monoisotopic (exact) mass is 317 g/mol. The fraction of sp³-hybridized carbons (Fsp3) is 0.400. The molecule has 0 spiro atoms. The maximum atomic E-state index is 13.4. The van der Waals surface area contributed by atoms with Crippen LogP contribution in [0, 0.1) is 11.9 Å². The number of rotatable bonds is 3. The Kier molecular flexibility index (Phi) is 4.76. The van der Waals surface area contributed by atoms with Gasteiger partial charge in [0.15, 0.2) is 0 Å². The van der Waals surface area contributed by atoms with E-state index in [-0.39, 0.29) is 5.92 Å². The lowest BCUT2D eigenvalue weighted by molar-refractivity contribution is -0.0889. The molecule has 2 atom stereocenters. The first-order valence-corrected chi connectivity index (χ1v) is 7.58. The van der Waals surface area contributed by atoms with Crippen LogP contribution in [0.3, 0.4) is 0 Å². The van der Waals surface area contributed by atoms with Gasteiger partial charge in [0, 0.05) is 10.8 Å². The van der Waals surface area contributed by atoms with Crippen molar-refractivity contribution in [3.63, 3.8) is 0 Å². The van der Waals surface area contributed by atoms with Gasteiger partial charge in [0.1, 0.15) is 0 Å². The minimum Gasteiger partial charge on any atom is -0.223 e. The number of halogens is 4. The molecule has 0 aromatic carbocycles. The molecule has 1 heterocycles. The molecule has 21 heavy (non-hydrogen) atoms. The van der Waals surface area contributed by atoms with Crippen LogP contribution in [-0.2, 0) is 0 Å². The van der Waals surface area contributed by atoms with Crippen molar-refractivity contribution in [3.8, 4) is 0 Å². The van der Waals surface area contributed by atoms with Gasteiger partial charge in [-0.3, -0.25) is 0 Å². The first kappa shape index (κ1) is 16.1. The van der Waals surface area contributed by atoms with Gasteiger partial charge >= 0.3 is 6.18 Å². The van der Waals surface area contributed by atoms with E-state index in [1.165, 1.54) is 30.0 Å². The molecule has 2 rings (SSSR count). The van der Waals surface area contributed by atoms with Crippen LogP contribution in [0.4, 0.5) is 17.6 Å². The summed E-state index contributed by atoms with van der Waals surface area (Å²) >= 11 is 1.51. The van der Waals surface area contributed by atoms with Crippen LogP contribution in [0.25, 0.3) is 0 Å². The zero-order valence-electron chi connectivity index (χ0n) is 11.6.